The maximum atomic E-state index is 12.3. The molecule has 5 N–H and O–H groups in total. The number of hydrogen-bond donors (Lipinski definition) is 3. The van der Waals surface area contributed by atoms with E-state index < -0.39 is 52.7 Å². The van der Waals surface area contributed by atoms with Gasteiger partial charge in [-0.1, -0.05) is 47.6 Å². The highest BCUT2D eigenvalue weighted by Crippen LogP contribution is 2.39. The molecule has 0 bridgehead atoms. The Labute approximate surface area is 330 Å². The van der Waals surface area contributed by atoms with Crippen LogP contribution in [0.4, 0.5) is 11.6 Å². The molecule has 14 nitrogen and oxygen atoms in total. The summed E-state index contributed by atoms with van der Waals surface area (Å²) in [5, 5.41) is 10.5. The second-order valence-electron chi connectivity index (χ2n) is 15.9. The van der Waals surface area contributed by atoms with Crippen molar-refractivity contribution in [3.8, 4) is 0 Å². The van der Waals surface area contributed by atoms with E-state index in [0.29, 0.717) is 39.8 Å². The summed E-state index contributed by atoms with van der Waals surface area (Å²) in [6.45, 7) is 26.7. The van der Waals surface area contributed by atoms with E-state index in [1.165, 1.54) is 9.13 Å². The van der Waals surface area contributed by atoms with Crippen molar-refractivity contribution in [1.29, 1.82) is 0 Å². The summed E-state index contributed by atoms with van der Waals surface area (Å²) in [5.74, 6) is 0.431. The smallest absolute Gasteiger partial charge is 0.351 e. The van der Waals surface area contributed by atoms with Gasteiger partial charge in [-0.3, -0.25) is 9.13 Å². The third-order valence-electron chi connectivity index (χ3n) is 10.1. The van der Waals surface area contributed by atoms with Crippen LogP contribution in [-0.4, -0.2) is 85.1 Å². The lowest BCUT2D eigenvalue weighted by Crippen LogP contribution is -2.44. The fourth-order valence-electron chi connectivity index (χ4n) is 4.77. The van der Waals surface area contributed by atoms with Crippen LogP contribution < -0.4 is 22.8 Å². The first-order chi connectivity index (χ1) is 23.4. The molecule has 0 aliphatic carbocycles. The largest absolute Gasteiger partial charge is 0.414 e. The molecule has 18 heteroatoms. The first-order valence-corrected chi connectivity index (χ1v) is 24.9. The van der Waals surface area contributed by atoms with Crippen molar-refractivity contribution < 1.29 is 28.2 Å². The maximum Gasteiger partial charge on any atom is 0.351 e. The summed E-state index contributed by atoms with van der Waals surface area (Å²) in [7, 11) is -3.84. The van der Waals surface area contributed by atoms with Crippen LogP contribution in [0.5, 0.6) is 0 Å². The number of nitrogens with zero attached hydrogens (tertiary/aromatic N) is 4. The van der Waals surface area contributed by atoms with E-state index in [-0.39, 0.29) is 33.9 Å². The van der Waals surface area contributed by atoms with Crippen LogP contribution in [0.15, 0.2) is 34.6 Å². The predicted octanol–water partition coefficient (Wildman–Crippen LogP) is 5.41. The molecule has 4 rings (SSSR count). The lowest BCUT2D eigenvalue weighted by molar-refractivity contribution is -0.0556. The molecule has 0 saturated carbocycles. The molecule has 288 valence electrons. The molecule has 2 saturated heterocycles. The zero-order valence-corrected chi connectivity index (χ0v) is 37.8. The van der Waals surface area contributed by atoms with E-state index in [4.69, 9.17) is 34.5 Å². The van der Waals surface area contributed by atoms with Crippen LogP contribution in [0.3, 0.4) is 0 Å². The minimum absolute atomic E-state index is 0.0872. The monoisotopic (exact) mass is 974 g/mol. The fraction of sp³-hybridized carbons (Fsp3) is 0.697. The Bertz CT molecular complexity index is 1630. The van der Waals surface area contributed by atoms with E-state index in [1.807, 2.05) is 22.6 Å². The molecule has 2 aliphatic rings. The number of rotatable bonds is 11. The second-order valence-corrected chi connectivity index (χ2v) is 27.9. The van der Waals surface area contributed by atoms with Gasteiger partial charge in [0.05, 0.1) is 39.2 Å². The topological polar surface area (TPSA) is 188 Å². The van der Waals surface area contributed by atoms with E-state index in [9.17, 15) is 14.7 Å². The number of aromatic nitrogens is 4. The molecule has 2 aromatic rings. The lowest BCUT2D eigenvalue weighted by Gasteiger charge is -2.37. The van der Waals surface area contributed by atoms with Crippen LogP contribution in [0.25, 0.3) is 0 Å². The Morgan fingerprint density at radius 1 is 0.863 bits per heavy atom. The van der Waals surface area contributed by atoms with Crippen molar-refractivity contribution in [2.24, 2.45) is 0 Å². The van der Waals surface area contributed by atoms with Gasteiger partial charge in [0, 0.05) is 25.2 Å². The van der Waals surface area contributed by atoms with Crippen LogP contribution in [-0.2, 0) is 23.1 Å². The van der Waals surface area contributed by atoms with Gasteiger partial charge in [-0.25, -0.2) is 9.59 Å². The molecule has 6 atom stereocenters. The third kappa shape index (κ3) is 11.4. The van der Waals surface area contributed by atoms with Gasteiger partial charge in [0.25, 0.3) is 0 Å². The first kappa shape index (κ1) is 44.2. The normalized spacial score (nSPS) is 24.3. The SMILES string of the molecule is C=CCOC1CC(n2cc(I)c(N)nc2=O)OC1CO[Si](C)(C)C(C)(C)C.CC(C)(C)[Si](C)(C)OCC1OC(n2cc(I)c(N)nc2=O)CC1O. The predicted molar refractivity (Wildman–Crippen MR) is 221 cm³/mol. The molecule has 0 radical (unpaired) electrons. The average molecular weight is 975 g/mol. The summed E-state index contributed by atoms with van der Waals surface area (Å²) in [6, 6.07) is 0. The van der Waals surface area contributed by atoms with E-state index in [2.05, 4.69) is 107 Å². The number of nitrogen functional groups attached to an aromatic ring is 2. The number of aliphatic hydroxyl groups is 1. The fourth-order valence-corrected chi connectivity index (χ4v) is 7.64. The van der Waals surface area contributed by atoms with Crippen LogP contribution in [0.2, 0.25) is 36.3 Å². The highest BCUT2D eigenvalue weighted by atomic mass is 127. The molecule has 6 unspecified atom stereocenters. The quantitative estimate of drug-likeness (QED) is 0.148. The van der Waals surface area contributed by atoms with E-state index in [0.717, 1.165) is 0 Å². The van der Waals surface area contributed by atoms with Gasteiger partial charge in [0.1, 0.15) is 36.3 Å². The second kappa shape index (κ2) is 17.5. The van der Waals surface area contributed by atoms with Gasteiger partial charge in [0.2, 0.25) is 0 Å². The van der Waals surface area contributed by atoms with Crippen molar-refractivity contribution in [1.82, 2.24) is 19.1 Å². The molecular weight excluding hydrogens is 918 g/mol. The molecule has 0 amide bonds. The van der Waals surface area contributed by atoms with Gasteiger partial charge < -0.3 is 39.6 Å². The minimum Gasteiger partial charge on any atom is -0.414 e. The number of aliphatic hydroxyl groups excluding tert-OH is 1. The molecule has 0 aromatic carbocycles. The molecule has 2 fully saturated rings. The molecule has 2 aliphatic heterocycles. The van der Waals surface area contributed by atoms with Gasteiger partial charge in [-0.15, -0.1) is 6.58 Å². The summed E-state index contributed by atoms with van der Waals surface area (Å²) in [4.78, 5) is 31.9. The van der Waals surface area contributed by atoms with Crippen molar-refractivity contribution in [2.45, 2.75) is 128 Å². The number of anilines is 2. The lowest BCUT2D eigenvalue weighted by atomic mass is 10.2. The summed E-state index contributed by atoms with van der Waals surface area (Å²) in [5.41, 5.74) is 10.5. The molecular formula is C33H56I2N6O8Si2. The molecule has 2 aromatic heterocycles. The number of nitrogens with two attached hydrogens (primary N) is 2. The zero-order chi connectivity index (χ0) is 38.7. The average Bonchev–Trinajstić information content (AvgIpc) is 3.59. The van der Waals surface area contributed by atoms with E-state index in [1.54, 1.807) is 18.5 Å². The van der Waals surface area contributed by atoms with Gasteiger partial charge in [-0.2, -0.15) is 9.97 Å². The van der Waals surface area contributed by atoms with Crippen molar-refractivity contribution in [3.63, 3.8) is 0 Å². The zero-order valence-electron chi connectivity index (χ0n) is 31.4. The summed E-state index contributed by atoms with van der Waals surface area (Å²) in [6.07, 6.45) is 3.29. The van der Waals surface area contributed by atoms with Crippen molar-refractivity contribution in [3.05, 3.63) is 53.2 Å². The number of ether oxygens (including phenoxy) is 3. The minimum atomic E-state index is -1.92. The van der Waals surface area contributed by atoms with Gasteiger partial charge in [-0.05, 0) is 81.4 Å². The van der Waals surface area contributed by atoms with Crippen LogP contribution in [0.1, 0.15) is 66.8 Å². The number of halogens is 2. The highest BCUT2D eigenvalue weighted by molar-refractivity contribution is 14.1. The number of hydrogen-bond acceptors (Lipinski definition) is 12. The van der Waals surface area contributed by atoms with Gasteiger partial charge in [0.15, 0.2) is 16.6 Å². The molecule has 0 spiro atoms. The summed E-state index contributed by atoms with van der Waals surface area (Å²) < 4.78 is 34.6. The Balaban J connectivity index is 0.000000277. The Hall–Kier alpha value is -1.25. The Kier molecular flexibility index (Phi) is 15.1. The molecule has 4 heterocycles. The third-order valence-corrected chi connectivity index (χ3v) is 20.8. The van der Waals surface area contributed by atoms with Crippen LogP contribution in [0, 0.1) is 7.14 Å². The maximum absolute atomic E-state index is 12.3. The summed E-state index contributed by atoms with van der Waals surface area (Å²) >= 11 is 4.07. The standard InChI is InChI=1S/C18H30IN3O4Si.C15H26IN3O4Si/c1-7-8-24-13-9-15(22-10-12(19)16(20)21-17(22)23)26-14(13)11-25-27(5,6)18(2,3)4;1-15(2,3)24(4,5)22-8-11-10(20)6-12(23-11)19-7-9(16)13(17)18-14(19)21/h7,10,13-15H,1,8-9,11H2,2-6H3,(H2,20,21,23);7,10-12,20H,6,8H2,1-5H3,(H2,17,18,21). The van der Waals surface area contributed by atoms with E-state index >= 15 is 0 Å². The van der Waals surface area contributed by atoms with Crippen molar-refractivity contribution >= 4 is 73.5 Å². The van der Waals surface area contributed by atoms with Crippen LogP contribution >= 0.6 is 45.2 Å². The highest BCUT2D eigenvalue weighted by Gasteiger charge is 2.43. The Morgan fingerprint density at radius 2 is 1.27 bits per heavy atom. The van der Waals surface area contributed by atoms with Crippen molar-refractivity contribution in [2.75, 3.05) is 31.3 Å². The molecule has 51 heavy (non-hydrogen) atoms. The van der Waals surface area contributed by atoms with Gasteiger partial charge >= 0.3 is 11.4 Å². The first-order valence-electron chi connectivity index (χ1n) is 17.0. The Morgan fingerprint density at radius 3 is 1.71 bits per heavy atom.